The van der Waals surface area contributed by atoms with Crippen LogP contribution in [0.1, 0.15) is 25.3 Å². The number of hydrogen-bond acceptors (Lipinski definition) is 4. The summed E-state index contributed by atoms with van der Waals surface area (Å²) in [6, 6.07) is 11.9. The summed E-state index contributed by atoms with van der Waals surface area (Å²) in [6.45, 7) is 2.65. The molecule has 2 aliphatic carbocycles. The molecule has 2 amide bonds. The highest BCUT2D eigenvalue weighted by Gasteiger charge is 2.59. The third-order valence-electron chi connectivity index (χ3n) is 6.14. The fraction of sp³-hybridized carbons (Fsp3) is 0.348. The van der Waals surface area contributed by atoms with Gasteiger partial charge in [-0.1, -0.05) is 49.4 Å². The third-order valence-corrected chi connectivity index (χ3v) is 6.14. The average molecular weight is 374 g/mol. The van der Waals surface area contributed by atoms with Gasteiger partial charge in [0.15, 0.2) is 0 Å². The van der Waals surface area contributed by atoms with E-state index >= 15 is 0 Å². The second-order valence-corrected chi connectivity index (χ2v) is 7.78. The summed E-state index contributed by atoms with van der Waals surface area (Å²) < 4.78 is 5.89. The summed E-state index contributed by atoms with van der Waals surface area (Å²) >= 11 is 0. The summed E-state index contributed by atoms with van der Waals surface area (Å²) in [5, 5.41) is 7.49. The van der Waals surface area contributed by atoms with Gasteiger partial charge in [-0.2, -0.15) is 10.1 Å². The second-order valence-electron chi connectivity index (χ2n) is 7.78. The molecule has 2 aromatic rings. The molecule has 3 aliphatic rings. The van der Waals surface area contributed by atoms with Crippen molar-refractivity contribution in [3.8, 4) is 5.75 Å². The Kier molecular flexibility index (Phi) is 4.04. The van der Waals surface area contributed by atoms with Crippen LogP contribution in [-0.4, -0.2) is 29.6 Å². The Morgan fingerprint density at radius 1 is 1.07 bits per heavy atom. The Balaban J connectivity index is 1.50. The maximum atomic E-state index is 12.9. The topological polar surface area (TPSA) is 59.0 Å². The minimum absolute atomic E-state index is 0.167. The van der Waals surface area contributed by atoms with Gasteiger partial charge in [-0.05, 0) is 41.5 Å². The van der Waals surface area contributed by atoms with Gasteiger partial charge < -0.3 is 4.74 Å². The number of hydrazone groups is 1. The smallest absolute Gasteiger partial charge is 0.254 e. The van der Waals surface area contributed by atoms with Crippen LogP contribution in [0.2, 0.25) is 0 Å². The summed E-state index contributed by atoms with van der Waals surface area (Å²) in [5.74, 6) is 0.287. The van der Waals surface area contributed by atoms with Gasteiger partial charge in [-0.25, -0.2) is 0 Å². The highest BCUT2D eigenvalue weighted by atomic mass is 16.5. The molecule has 2 aromatic carbocycles. The molecule has 5 nitrogen and oxygen atoms in total. The predicted octanol–water partition coefficient (Wildman–Crippen LogP) is 3.77. The average Bonchev–Trinajstić information content (AvgIpc) is 3.39. The van der Waals surface area contributed by atoms with Gasteiger partial charge in [-0.3, -0.25) is 9.59 Å². The van der Waals surface area contributed by atoms with E-state index in [-0.39, 0.29) is 35.5 Å². The molecule has 2 fully saturated rings. The van der Waals surface area contributed by atoms with E-state index in [1.54, 1.807) is 6.21 Å². The molecule has 28 heavy (non-hydrogen) atoms. The molecule has 0 aromatic heterocycles. The Morgan fingerprint density at radius 3 is 2.50 bits per heavy atom. The zero-order valence-corrected chi connectivity index (χ0v) is 15.7. The zero-order chi connectivity index (χ0) is 19.3. The van der Waals surface area contributed by atoms with Crippen molar-refractivity contribution in [3.05, 3.63) is 54.1 Å². The number of fused-ring (bicyclic) bond motifs is 6. The summed E-state index contributed by atoms with van der Waals surface area (Å²) in [7, 11) is 0. The maximum Gasteiger partial charge on any atom is 0.254 e. The SMILES string of the molecule is CCCOc1ccc2ccccc2c1/C=N\N1C(=O)[C@H]2[C@H](C1=O)[C@H]1C=C[C@H]2C1. The zero-order valence-electron chi connectivity index (χ0n) is 15.7. The van der Waals surface area contributed by atoms with Crippen LogP contribution >= 0.6 is 0 Å². The van der Waals surface area contributed by atoms with Crippen LogP contribution < -0.4 is 4.74 Å². The van der Waals surface area contributed by atoms with Crippen molar-refractivity contribution >= 4 is 28.8 Å². The fourth-order valence-corrected chi connectivity index (χ4v) is 4.86. The van der Waals surface area contributed by atoms with Crippen molar-refractivity contribution in [2.45, 2.75) is 19.8 Å². The first-order valence-corrected chi connectivity index (χ1v) is 9.93. The van der Waals surface area contributed by atoms with Gasteiger partial charge in [0.1, 0.15) is 5.75 Å². The number of amides is 2. The molecule has 1 aliphatic heterocycles. The molecule has 0 radical (unpaired) electrons. The maximum absolute atomic E-state index is 12.9. The Hall–Kier alpha value is -2.95. The Labute approximate surface area is 163 Å². The molecule has 1 heterocycles. The lowest BCUT2D eigenvalue weighted by Gasteiger charge is -2.13. The number of ether oxygens (including phenoxy) is 1. The molecule has 1 saturated carbocycles. The molecule has 2 bridgehead atoms. The van der Waals surface area contributed by atoms with Crippen LogP contribution in [0.25, 0.3) is 10.8 Å². The van der Waals surface area contributed by atoms with E-state index in [1.165, 1.54) is 0 Å². The molecular formula is C23H22N2O3. The monoisotopic (exact) mass is 374 g/mol. The predicted molar refractivity (Wildman–Crippen MR) is 107 cm³/mol. The van der Waals surface area contributed by atoms with Gasteiger partial charge in [0.25, 0.3) is 11.8 Å². The van der Waals surface area contributed by atoms with E-state index < -0.39 is 0 Å². The Bertz CT molecular complexity index is 996. The molecule has 0 N–H and O–H groups in total. The van der Waals surface area contributed by atoms with Crippen LogP contribution in [-0.2, 0) is 9.59 Å². The molecule has 1 saturated heterocycles. The summed E-state index contributed by atoms with van der Waals surface area (Å²) in [5.41, 5.74) is 0.797. The second kappa shape index (κ2) is 6.59. The quantitative estimate of drug-likeness (QED) is 0.455. The lowest BCUT2D eigenvalue weighted by molar-refractivity contribution is -0.140. The van der Waals surface area contributed by atoms with Crippen molar-refractivity contribution in [2.75, 3.05) is 6.61 Å². The van der Waals surface area contributed by atoms with E-state index in [9.17, 15) is 9.59 Å². The minimum Gasteiger partial charge on any atom is -0.493 e. The first-order chi connectivity index (χ1) is 13.7. The molecule has 142 valence electrons. The van der Waals surface area contributed by atoms with Crippen LogP contribution in [0.5, 0.6) is 5.75 Å². The minimum atomic E-state index is -0.233. The number of hydrogen-bond donors (Lipinski definition) is 0. The third kappa shape index (κ3) is 2.49. The normalized spacial score (nSPS) is 28.1. The number of carbonyl (C=O) groups is 2. The first kappa shape index (κ1) is 17.2. The number of nitrogens with zero attached hydrogens (tertiary/aromatic N) is 2. The number of rotatable bonds is 5. The number of benzene rings is 2. The van der Waals surface area contributed by atoms with Crippen molar-refractivity contribution in [2.24, 2.45) is 28.8 Å². The Morgan fingerprint density at radius 2 is 1.79 bits per heavy atom. The van der Waals surface area contributed by atoms with Crippen molar-refractivity contribution in [1.82, 2.24) is 5.01 Å². The van der Waals surface area contributed by atoms with Gasteiger partial charge in [0, 0.05) is 5.56 Å². The van der Waals surface area contributed by atoms with E-state index in [0.29, 0.717) is 12.4 Å². The summed E-state index contributed by atoms with van der Waals surface area (Å²) in [6.07, 6.45) is 7.60. The van der Waals surface area contributed by atoms with Crippen molar-refractivity contribution < 1.29 is 14.3 Å². The molecular weight excluding hydrogens is 352 g/mol. The van der Waals surface area contributed by atoms with Crippen LogP contribution in [0.3, 0.4) is 0 Å². The first-order valence-electron chi connectivity index (χ1n) is 9.93. The highest BCUT2D eigenvalue weighted by molar-refractivity contribution is 6.08. The van der Waals surface area contributed by atoms with E-state index in [2.05, 4.69) is 24.2 Å². The molecule has 4 atom stereocenters. The van der Waals surface area contributed by atoms with Crippen molar-refractivity contribution in [1.29, 1.82) is 0 Å². The van der Waals surface area contributed by atoms with Crippen LogP contribution in [0, 0.1) is 23.7 Å². The van der Waals surface area contributed by atoms with Gasteiger partial charge >= 0.3 is 0 Å². The fourth-order valence-electron chi connectivity index (χ4n) is 4.86. The van der Waals surface area contributed by atoms with Crippen LogP contribution in [0.15, 0.2) is 53.7 Å². The molecule has 5 heteroatoms. The molecule has 0 unspecified atom stereocenters. The van der Waals surface area contributed by atoms with Gasteiger partial charge in [0.05, 0.1) is 24.7 Å². The summed E-state index contributed by atoms with van der Waals surface area (Å²) in [4.78, 5) is 25.7. The van der Waals surface area contributed by atoms with E-state index in [1.807, 2.05) is 36.4 Å². The lowest BCUT2D eigenvalue weighted by Crippen LogP contribution is -2.28. The number of carbonyl (C=O) groups excluding carboxylic acids is 2. The molecule has 5 rings (SSSR count). The lowest BCUT2D eigenvalue weighted by atomic mass is 9.85. The molecule has 0 spiro atoms. The van der Waals surface area contributed by atoms with E-state index in [0.717, 1.165) is 34.2 Å². The van der Waals surface area contributed by atoms with Gasteiger partial charge in [0.2, 0.25) is 0 Å². The number of allylic oxidation sites excluding steroid dienone is 2. The van der Waals surface area contributed by atoms with Crippen LogP contribution in [0.4, 0.5) is 0 Å². The largest absolute Gasteiger partial charge is 0.493 e. The number of imide groups is 1. The highest BCUT2D eigenvalue weighted by Crippen LogP contribution is 2.52. The standard InChI is InChI=1S/C23H22N2O3/c1-2-11-28-19-10-9-14-5-3-4-6-17(14)18(19)13-24-25-22(26)20-15-7-8-16(12-15)21(20)23(25)27/h3-10,13,15-16,20-21H,2,11-12H2,1H3/b24-13-/t15-,16-,20+,21+/m0/s1. The van der Waals surface area contributed by atoms with Gasteiger partial charge in [-0.15, -0.1) is 0 Å². The van der Waals surface area contributed by atoms with E-state index in [4.69, 9.17) is 4.74 Å². The van der Waals surface area contributed by atoms with Crippen molar-refractivity contribution in [3.63, 3.8) is 0 Å².